The molecule has 0 aliphatic carbocycles. The van der Waals surface area contributed by atoms with Gasteiger partial charge in [0.1, 0.15) is 0 Å². The third-order valence-corrected chi connectivity index (χ3v) is 4.32. The minimum Gasteiger partial charge on any atom is -0.355 e. The van der Waals surface area contributed by atoms with E-state index in [4.69, 9.17) is 5.73 Å². The predicted molar refractivity (Wildman–Crippen MR) is 78.5 cm³/mol. The van der Waals surface area contributed by atoms with Gasteiger partial charge in [-0.2, -0.15) is 0 Å². The van der Waals surface area contributed by atoms with Gasteiger partial charge >= 0.3 is 0 Å². The van der Waals surface area contributed by atoms with Gasteiger partial charge in [-0.05, 0) is 19.0 Å². The van der Waals surface area contributed by atoms with Crippen molar-refractivity contribution in [1.29, 1.82) is 0 Å². The van der Waals surface area contributed by atoms with Crippen molar-refractivity contribution >= 4 is 15.9 Å². The van der Waals surface area contributed by atoms with Crippen LogP contribution >= 0.6 is 0 Å². The third-order valence-electron chi connectivity index (χ3n) is 2.96. The molecule has 0 aliphatic rings. The summed E-state index contributed by atoms with van der Waals surface area (Å²) in [5, 5.41) is 2.61. The lowest BCUT2D eigenvalue weighted by Crippen LogP contribution is -2.39. The lowest BCUT2D eigenvalue weighted by molar-refractivity contribution is -0.124. The lowest BCUT2D eigenvalue weighted by atomic mass is 9.99. The number of rotatable bonds is 8. The summed E-state index contributed by atoms with van der Waals surface area (Å²) < 4.78 is 24.6. The highest BCUT2D eigenvalue weighted by molar-refractivity contribution is 7.89. The number of amides is 1. The maximum atomic E-state index is 11.9. The Kier molecular flexibility index (Phi) is 6.63. The van der Waals surface area contributed by atoms with Gasteiger partial charge in [-0.25, -0.2) is 13.1 Å². The Morgan fingerprint density at radius 1 is 1.30 bits per heavy atom. The summed E-state index contributed by atoms with van der Waals surface area (Å²) in [6, 6.07) is 9.58. The zero-order valence-electron chi connectivity index (χ0n) is 11.5. The van der Waals surface area contributed by atoms with E-state index in [-0.39, 0.29) is 30.7 Å². The quantitative estimate of drug-likeness (QED) is 0.600. The maximum absolute atomic E-state index is 11.9. The zero-order valence-corrected chi connectivity index (χ0v) is 12.3. The van der Waals surface area contributed by atoms with E-state index in [1.807, 2.05) is 30.3 Å². The van der Waals surface area contributed by atoms with Crippen LogP contribution in [0.4, 0.5) is 0 Å². The largest absolute Gasteiger partial charge is 0.355 e. The molecule has 0 bridgehead atoms. The summed E-state index contributed by atoms with van der Waals surface area (Å²) in [5.41, 5.74) is 6.64. The predicted octanol–water partition coefficient (Wildman–Crippen LogP) is -0.531. The van der Waals surface area contributed by atoms with E-state index in [2.05, 4.69) is 10.0 Å². The molecule has 0 radical (unpaired) electrons. The van der Waals surface area contributed by atoms with Crippen LogP contribution in [0.25, 0.3) is 0 Å². The van der Waals surface area contributed by atoms with Crippen molar-refractivity contribution in [3.63, 3.8) is 0 Å². The number of hydrogen-bond donors (Lipinski definition) is 3. The van der Waals surface area contributed by atoms with Crippen molar-refractivity contribution in [2.75, 3.05) is 25.9 Å². The van der Waals surface area contributed by atoms with Crippen LogP contribution < -0.4 is 15.8 Å². The SMILES string of the molecule is CNS(=O)(=O)CCNC(=O)C(CN)Cc1ccccc1. The van der Waals surface area contributed by atoms with Gasteiger partial charge in [0.05, 0.1) is 11.7 Å². The highest BCUT2D eigenvalue weighted by Gasteiger charge is 2.17. The second kappa shape index (κ2) is 7.98. The Bertz CT molecular complexity index is 517. The molecule has 7 heteroatoms. The van der Waals surface area contributed by atoms with Gasteiger partial charge in [-0.3, -0.25) is 4.79 Å². The number of carbonyl (C=O) groups is 1. The topological polar surface area (TPSA) is 101 Å². The molecule has 0 aromatic heterocycles. The van der Waals surface area contributed by atoms with Crippen LogP contribution in [0.3, 0.4) is 0 Å². The summed E-state index contributed by atoms with van der Waals surface area (Å²) in [6.45, 7) is 0.298. The molecule has 112 valence electrons. The van der Waals surface area contributed by atoms with Crippen LogP contribution in [0.2, 0.25) is 0 Å². The highest BCUT2D eigenvalue weighted by atomic mass is 32.2. The van der Waals surface area contributed by atoms with E-state index in [1.165, 1.54) is 7.05 Å². The van der Waals surface area contributed by atoms with E-state index in [1.54, 1.807) is 0 Å². The van der Waals surface area contributed by atoms with Crippen LogP contribution in [0.1, 0.15) is 5.56 Å². The molecule has 0 saturated heterocycles. The van der Waals surface area contributed by atoms with Gasteiger partial charge in [0.25, 0.3) is 0 Å². The first-order valence-corrected chi connectivity index (χ1v) is 8.06. The molecule has 0 heterocycles. The second-order valence-corrected chi connectivity index (χ2v) is 6.48. The number of carbonyl (C=O) groups excluding carboxylic acids is 1. The van der Waals surface area contributed by atoms with E-state index < -0.39 is 10.0 Å². The molecule has 0 fully saturated rings. The summed E-state index contributed by atoms with van der Waals surface area (Å²) in [7, 11) is -1.96. The lowest BCUT2D eigenvalue weighted by Gasteiger charge is -2.15. The Morgan fingerprint density at radius 2 is 1.95 bits per heavy atom. The highest BCUT2D eigenvalue weighted by Crippen LogP contribution is 2.07. The standard InChI is InChI=1S/C13H21N3O3S/c1-15-20(18,19)8-7-16-13(17)12(10-14)9-11-5-3-2-4-6-11/h2-6,12,15H,7-10,14H2,1H3,(H,16,17). The molecule has 6 nitrogen and oxygen atoms in total. The summed E-state index contributed by atoms with van der Waals surface area (Å²) in [6.07, 6.45) is 0.544. The molecule has 1 unspecified atom stereocenters. The number of nitrogens with two attached hydrogens (primary N) is 1. The molecule has 0 saturated carbocycles. The van der Waals surface area contributed by atoms with E-state index in [9.17, 15) is 13.2 Å². The zero-order chi connectivity index (χ0) is 15.0. The maximum Gasteiger partial charge on any atom is 0.224 e. The first-order valence-electron chi connectivity index (χ1n) is 6.41. The molecule has 1 aromatic carbocycles. The Hall–Kier alpha value is -1.44. The molecular formula is C13H21N3O3S. The van der Waals surface area contributed by atoms with E-state index in [0.717, 1.165) is 5.56 Å². The number of hydrogen-bond acceptors (Lipinski definition) is 4. The van der Waals surface area contributed by atoms with Gasteiger partial charge in [-0.1, -0.05) is 30.3 Å². The first kappa shape index (κ1) is 16.6. The molecule has 20 heavy (non-hydrogen) atoms. The van der Waals surface area contributed by atoms with Crippen molar-refractivity contribution in [3.8, 4) is 0 Å². The van der Waals surface area contributed by atoms with Crippen molar-refractivity contribution in [1.82, 2.24) is 10.0 Å². The van der Waals surface area contributed by atoms with Crippen LogP contribution in [-0.4, -0.2) is 40.2 Å². The van der Waals surface area contributed by atoms with Crippen LogP contribution in [0, 0.1) is 5.92 Å². The minimum atomic E-state index is -3.30. The fourth-order valence-corrected chi connectivity index (χ4v) is 2.31. The molecule has 1 aromatic rings. The van der Waals surface area contributed by atoms with Gasteiger partial charge in [0, 0.05) is 13.1 Å². The van der Waals surface area contributed by atoms with Crippen molar-refractivity contribution < 1.29 is 13.2 Å². The molecule has 4 N–H and O–H groups in total. The van der Waals surface area contributed by atoms with Crippen LogP contribution in [-0.2, 0) is 21.2 Å². The smallest absolute Gasteiger partial charge is 0.224 e. The molecule has 0 spiro atoms. The monoisotopic (exact) mass is 299 g/mol. The number of sulfonamides is 1. The number of nitrogens with one attached hydrogen (secondary N) is 2. The van der Waals surface area contributed by atoms with Gasteiger partial charge in [-0.15, -0.1) is 0 Å². The molecule has 1 atom stereocenters. The Morgan fingerprint density at radius 3 is 2.50 bits per heavy atom. The average Bonchev–Trinajstić information content (AvgIpc) is 2.45. The average molecular weight is 299 g/mol. The molecule has 0 aliphatic heterocycles. The summed E-state index contributed by atoms with van der Waals surface area (Å²) in [5.74, 6) is -0.713. The van der Waals surface area contributed by atoms with Crippen molar-refractivity contribution in [2.45, 2.75) is 6.42 Å². The minimum absolute atomic E-state index is 0.0767. The fourth-order valence-electron chi connectivity index (χ4n) is 1.74. The number of benzene rings is 1. The second-order valence-electron chi connectivity index (χ2n) is 4.44. The van der Waals surface area contributed by atoms with Gasteiger partial charge < -0.3 is 11.1 Å². The van der Waals surface area contributed by atoms with E-state index in [0.29, 0.717) is 6.42 Å². The van der Waals surface area contributed by atoms with Gasteiger partial charge in [0.2, 0.25) is 15.9 Å². The first-order chi connectivity index (χ1) is 9.48. The fraction of sp³-hybridized carbons (Fsp3) is 0.462. The van der Waals surface area contributed by atoms with Crippen molar-refractivity contribution in [2.24, 2.45) is 11.7 Å². The van der Waals surface area contributed by atoms with Crippen LogP contribution in [0.5, 0.6) is 0 Å². The Balaban J connectivity index is 2.47. The molecule has 1 rings (SSSR count). The van der Waals surface area contributed by atoms with Gasteiger partial charge in [0.15, 0.2) is 0 Å². The Labute approximate surface area is 119 Å². The summed E-state index contributed by atoms with van der Waals surface area (Å²) in [4.78, 5) is 11.9. The third kappa shape index (κ3) is 5.68. The summed E-state index contributed by atoms with van der Waals surface area (Å²) >= 11 is 0. The molecule has 1 amide bonds. The normalized spacial score (nSPS) is 12.9. The van der Waals surface area contributed by atoms with Crippen LogP contribution in [0.15, 0.2) is 30.3 Å². The molecular weight excluding hydrogens is 278 g/mol. The van der Waals surface area contributed by atoms with Crippen molar-refractivity contribution in [3.05, 3.63) is 35.9 Å². The van der Waals surface area contributed by atoms with E-state index >= 15 is 0 Å².